The minimum Gasteiger partial charge on any atom is -0.452 e. The maximum Gasteiger partial charge on any atom is 0.341 e. The molecule has 1 heterocycles. The zero-order chi connectivity index (χ0) is 16.3. The molecule has 0 saturated carbocycles. The third-order valence-electron chi connectivity index (χ3n) is 3.10. The van der Waals surface area contributed by atoms with Crippen LogP contribution in [0.4, 0.5) is 0 Å². The second kappa shape index (κ2) is 6.85. The number of rotatable bonds is 4. The summed E-state index contributed by atoms with van der Waals surface area (Å²) in [5.41, 5.74) is -0.0120. The molecule has 2 rings (SSSR count). The van der Waals surface area contributed by atoms with Crippen LogP contribution in [0.25, 0.3) is 0 Å². The molecule has 0 spiro atoms. The van der Waals surface area contributed by atoms with E-state index in [1.807, 2.05) is 0 Å². The van der Waals surface area contributed by atoms with Gasteiger partial charge in [-0.25, -0.2) is 13.2 Å². The van der Waals surface area contributed by atoms with Gasteiger partial charge in [-0.3, -0.25) is 4.79 Å². The summed E-state index contributed by atoms with van der Waals surface area (Å²) in [5.74, 6) is -1.43. The van der Waals surface area contributed by atoms with Crippen LogP contribution in [0, 0.1) is 0 Å². The van der Waals surface area contributed by atoms with E-state index in [9.17, 15) is 18.0 Å². The number of benzene rings is 1. The molecule has 0 radical (unpaired) electrons. The van der Waals surface area contributed by atoms with Crippen LogP contribution in [-0.4, -0.2) is 44.4 Å². The van der Waals surface area contributed by atoms with Gasteiger partial charge in [-0.2, -0.15) is 0 Å². The summed E-state index contributed by atoms with van der Waals surface area (Å²) in [5, 5.41) is 2.76. The Kier molecular flexibility index (Phi) is 5.31. The summed E-state index contributed by atoms with van der Waals surface area (Å²) in [4.78, 5) is 23.5. The van der Waals surface area contributed by atoms with Crippen molar-refractivity contribution in [2.45, 2.75) is 12.5 Å². The number of hydrogen-bond acceptors (Lipinski definition) is 5. The number of hydrogen-bond donors (Lipinski definition) is 1. The molecule has 22 heavy (non-hydrogen) atoms. The Bertz CT molecular complexity index is 684. The highest BCUT2D eigenvalue weighted by atomic mass is 35.5. The first-order valence-corrected chi connectivity index (χ1v) is 8.97. The minimum atomic E-state index is -3.08. The number of halogens is 2. The average molecular weight is 366 g/mol. The third kappa shape index (κ3) is 4.34. The Balaban J connectivity index is 1.88. The summed E-state index contributed by atoms with van der Waals surface area (Å²) < 4.78 is 27.4. The lowest BCUT2D eigenvalue weighted by atomic mass is 10.2. The lowest BCUT2D eigenvalue weighted by Crippen LogP contribution is -2.38. The Morgan fingerprint density at radius 3 is 2.45 bits per heavy atom. The molecule has 6 nitrogen and oxygen atoms in total. The predicted molar refractivity (Wildman–Crippen MR) is 81.9 cm³/mol. The van der Waals surface area contributed by atoms with Crippen molar-refractivity contribution in [1.82, 2.24) is 5.32 Å². The summed E-state index contributed by atoms with van der Waals surface area (Å²) >= 11 is 11.7. The van der Waals surface area contributed by atoms with E-state index in [0.717, 1.165) is 0 Å². The third-order valence-corrected chi connectivity index (χ3v) is 5.50. The number of amides is 1. The molecule has 0 unspecified atom stereocenters. The highest BCUT2D eigenvalue weighted by Gasteiger charge is 2.29. The molecule has 1 atom stereocenters. The van der Waals surface area contributed by atoms with Crippen molar-refractivity contribution in [1.29, 1.82) is 0 Å². The molecule has 1 amide bonds. The molecular weight excluding hydrogens is 353 g/mol. The van der Waals surface area contributed by atoms with Crippen molar-refractivity contribution < 1.29 is 22.7 Å². The summed E-state index contributed by atoms with van der Waals surface area (Å²) in [6.07, 6.45) is 0.359. The fourth-order valence-electron chi connectivity index (χ4n) is 2.07. The van der Waals surface area contributed by atoms with Crippen LogP contribution < -0.4 is 5.32 Å². The lowest BCUT2D eigenvalue weighted by molar-refractivity contribution is -0.124. The molecule has 1 aliphatic rings. The Hall–Kier alpha value is -1.31. The first kappa shape index (κ1) is 17.1. The van der Waals surface area contributed by atoms with Crippen molar-refractivity contribution in [2.75, 3.05) is 18.1 Å². The Morgan fingerprint density at radius 1 is 1.27 bits per heavy atom. The van der Waals surface area contributed by atoms with Crippen LogP contribution in [0.1, 0.15) is 16.8 Å². The Labute approximate surface area is 137 Å². The van der Waals surface area contributed by atoms with E-state index < -0.39 is 34.4 Å². The van der Waals surface area contributed by atoms with Gasteiger partial charge in [0.05, 0.1) is 27.1 Å². The number of ether oxygens (including phenoxy) is 1. The smallest absolute Gasteiger partial charge is 0.341 e. The van der Waals surface area contributed by atoms with Crippen molar-refractivity contribution in [2.24, 2.45) is 0 Å². The number of sulfone groups is 1. The van der Waals surface area contributed by atoms with Crippen LogP contribution in [0.2, 0.25) is 10.0 Å². The predicted octanol–water partition coefficient (Wildman–Crippen LogP) is 1.45. The van der Waals surface area contributed by atoms with Crippen molar-refractivity contribution >= 4 is 44.9 Å². The fourth-order valence-corrected chi connectivity index (χ4v) is 4.30. The zero-order valence-electron chi connectivity index (χ0n) is 11.3. The van der Waals surface area contributed by atoms with Gasteiger partial charge >= 0.3 is 5.97 Å². The van der Waals surface area contributed by atoms with Gasteiger partial charge in [0.25, 0.3) is 5.91 Å². The molecular formula is C13H13Cl2NO5S. The van der Waals surface area contributed by atoms with Crippen molar-refractivity contribution in [3.05, 3.63) is 33.8 Å². The van der Waals surface area contributed by atoms with E-state index in [1.165, 1.54) is 12.1 Å². The molecule has 0 aromatic heterocycles. The largest absolute Gasteiger partial charge is 0.452 e. The highest BCUT2D eigenvalue weighted by molar-refractivity contribution is 7.91. The van der Waals surface area contributed by atoms with E-state index in [2.05, 4.69) is 5.32 Å². The van der Waals surface area contributed by atoms with Gasteiger partial charge in [0.15, 0.2) is 16.4 Å². The standard InChI is InChI=1S/C13H13Cl2NO5S/c14-9-2-1-3-10(15)12(9)13(18)21-6-11(17)16-8-4-5-22(19,20)7-8/h1-3,8H,4-7H2,(H,16,17)/t8-/m1/s1. The molecule has 1 saturated heterocycles. The number of nitrogens with one attached hydrogen (secondary N) is 1. The highest BCUT2D eigenvalue weighted by Crippen LogP contribution is 2.24. The second-order valence-corrected chi connectivity index (χ2v) is 7.88. The molecule has 1 aliphatic heterocycles. The van der Waals surface area contributed by atoms with Gasteiger partial charge in [-0.1, -0.05) is 29.3 Å². The van der Waals surface area contributed by atoms with Gasteiger partial charge in [0.2, 0.25) is 0 Å². The van der Waals surface area contributed by atoms with Gasteiger partial charge in [0.1, 0.15) is 0 Å². The number of carbonyl (C=O) groups is 2. The lowest BCUT2D eigenvalue weighted by Gasteiger charge is -2.11. The molecule has 1 fully saturated rings. The van der Waals surface area contributed by atoms with Gasteiger partial charge in [-0.05, 0) is 18.6 Å². The summed E-state index contributed by atoms with van der Waals surface area (Å²) in [6.45, 7) is -0.531. The molecule has 1 N–H and O–H groups in total. The normalized spacial score (nSPS) is 19.6. The van der Waals surface area contributed by atoms with Crippen LogP contribution in [0.15, 0.2) is 18.2 Å². The van der Waals surface area contributed by atoms with Gasteiger partial charge < -0.3 is 10.1 Å². The van der Waals surface area contributed by atoms with E-state index >= 15 is 0 Å². The fraction of sp³-hybridized carbons (Fsp3) is 0.385. The monoisotopic (exact) mass is 365 g/mol. The molecule has 0 aliphatic carbocycles. The Morgan fingerprint density at radius 2 is 1.91 bits per heavy atom. The van der Waals surface area contributed by atoms with Crippen molar-refractivity contribution in [3.8, 4) is 0 Å². The first-order chi connectivity index (χ1) is 10.3. The van der Waals surface area contributed by atoms with Gasteiger partial charge in [0, 0.05) is 6.04 Å². The first-order valence-electron chi connectivity index (χ1n) is 6.39. The SMILES string of the molecule is O=C(COC(=O)c1c(Cl)cccc1Cl)N[C@@H]1CCS(=O)(=O)C1. The average Bonchev–Trinajstić information content (AvgIpc) is 2.75. The van der Waals surface area contributed by atoms with E-state index in [4.69, 9.17) is 27.9 Å². The topological polar surface area (TPSA) is 89.5 Å². The van der Waals surface area contributed by atoms with E-state index in [1.54, 1.807) is 6.07 Å². The minimum absolute atomic E-state index is 0.0120. The van der Waals surface area contributed by atoms with Crippen LogP contribution in [0.3, 0.4) is 0 Å². The summed E-state index contributed by atoms with van der Waals surface area (Å²) in [7, 11) is -3.08. The molecule has 9 heteroatoms. The maximum absolute atomic E-state index is 11.9. The zero-order valence-corrected chi connectivity index (χ0v) is 13.7. The van der Waals surface area contributed by atoms with E-state index in [0.29, 0.717) is 6.42 Å². The molecule has 1 aromatic carbocycles. The van der Waals surface area contributed by atoms with Crippen LogP contribution in [-0.2, 0) is 19.4 Å². The summed E-state index contributed by atoms with van der Waals surface area (Å²) in [6, 6.07) is 4.09. The number of esters is 1. The van der Waals surface area contributed by atoms with Crippen LogP contribution in [0.5, 0.6) is 0 Å². The molecule has 0 bridgehead atoms. The second-order valence-electron chi connectivity index (χ2n) is 4.84. The maximum atomic E-state index is 11.9. The number of carbonyl (C=O) groups excluding carboxylic acids is 2. The van der Waals surface area contributed by atoms with E-state index in [-0.39, 0.29) is 27.1 Å². The molecule has 1 aromatic rings. The molecule has 120 valence electrons. The van der Waals surface area contributed by atoms with Crippen molar-refractivity contribution in [3.63, 3.8) is 0 Å². The van der Waals surface area contributed by atoms with Gasteiger partial charge in [-0.15, -0.1) is 0 Å². The van der Waals surface area contributed by atoms with Crippen LogP contribution >= 0.6 is 23.2 Å². The quantitative estimate of drug-likeness (QED) is 0.815.